The summed E-state index contributed by atoms with van der Waals surface area (Å²) in [6.45, 7) is 2.84. The number of likely N-dealkylation sites (tertiary alicyclic amines) is 1. The first kappa shape index (κ1) is 13.4. The third-order valence-electron chi connectivity index (χ3n) is 3.59. The van der Waals surface area contributed by atoms with Gasteiger partial charge in [0.05, 0.1) is 0 Å². The molecule has 0 aromatic heterocycles. The maximum absolute atomic E-state index is 12.4. The predicted molar refractivity (Wildman–Crippen MR) is 71.8 cm³/mol. The molecule has 1 heterocycles. The van der Waals surface area contributed by atoms with E-state index < -0.39 is 0 Å². The number of carbonyl (C=O) groups is 1. The Labute approximate surface area is 112 Å². The SMILES string of the molecule is CC1CCC(CO)CN1C(=O)c1ccc(Cl)cc1. The molecule has 1 N–H and O–H groups in total. The highest BCUT2D eigenvalue weighted by molar-refractivity contribution is 6.30. The molecule has 1 amide bonds. The van der Waals surface area contributed by atoms with Crippen LogP contribution in [0.15, 0.2) is 24.3 Å². The summed E-state index contributed by atoms with van der Waals surface area (Å²) in [4.78, 5) is 14.2. The molecule has 2 atom stereocenters. The number of hydrogen-bond donors (Lipinski definition) is 1. The fourth-order valence-corrected chi connectivity index (χ4v) is 2.50. The minimum absolute atomic E-state index is 0.0253. The number of hydrogen-bond acceptors (Lipinski definition) is 2. The molecule has 1 aromatic rings. The Morgan fingerprint density at radius 2 is 2.06 bits per heavy atom. The quantitative estimate of drug-likeness (QED) is 0.895. The molecule has 1 aromatic carbocycles. The summed E-state index contributed by atoms with van der Waals surface area (Å²) in [5.74, 6) is 0.231. The number of halogens is 1. The maximum atomic E-state index is 12.4. The van der Waals surface area contributed by atoms with Crippen molar-refractivity contribution in [3.8, 4) is 0 Å². The molecule has 4 heteroatoms. The topological polar surface area (TPSA) is 40.5 Å². The van der Waals surface area contributed by atoms with Gasteiger partial charge in [-0.05, 0) is 49.9 Å². The Kier molecular flexibility index (Phi) is 4.25. The van der Waals surface area contributed by atoms with Crippen LogP contribution in [0.25, 0.3) is 0 Å². The molecule has 2 unspecified atom stereocenters. The molecule has 2 rings (SSSR count). The van der Waals surface area contributed by atoms with Gasteiger partial charge in [0.25, 0.3) is 5.91 Å². The maximum Gasteiger partial charge on any atom is 0.254 e. The van der Waals surface area contributed by atoms with Gasteiger partial charge in [-0.2, -0.15) is 0 Å². The molecule has 18 heavy (non-hydrogen) atoms. The Hall–Kier alpha value is -1.06. The van der Waals surface area contributed by atoms with Crippen LogP contribution in [0.3, 0.4) is 0 Å². The van der Waals surface area contributed by atoms with E-state index in [1.807, 2.05) is 4.90 Å². The average molecular weight is 268 g/mol. The van der Waals surface area contributed by atoms with Crippen molar-refractivity contribution in [2.24, 2.45) is 5.92 Å². The molecule has 0 bridgehead atoms. The standard InChI is InChI=1S/C14H18ClNO2/c1-10-2-3-11(9-17)8-16(10)14(18)12-4-6-13(15)7-5-12/h4-7,10-11,17H,2-3,8-9H2,1H3. The number of benzene rings is 1. The zero-order valence-electron chi connectivity index (χ0n) is 10.5. The normalized spacial score (nSPS) is 24.1. The lowest BCUT2D eigenvalue weighted by Gasteiger charge is -2.37. The molecule has 0 spiro atoms. The van der Waals surface area contributed by atoms with Gasteiger partial charge < -0.3 is 10.0 Å². The largest absolute Gasteiger partial charge is 0.396 e. The molecule has 1 aliphatic rings. The smallest absolute Gasteiger partial charge is 0.254 e. The van der Waals surface area contributed by atoms with E-state index in [4.69, 9.17) is 11.6 Å². The van der Waals surface area contributed by atoms with E-state index in [0.29, 0.717) is 17.1 Å². The number of nitrogens with zero attached hydrogens (tertiary/aromatic N) is 1. The summed E-state index contributed by atoms with van der Waals surface area (Å²) in [5, 5.41) is 9.86. The van der Waals surface area contributed by atoms with Gasteiger partial charge in [-0.3, -0.25) is 4.79 Å². The Bertz CT molecular complexity index is 418. The highest BCUT2D eigenvalue weighted by atomic mass is 35.5. The summed E-state index contributed by atoms with van der Waals surface area (Å²) in [6, 6.07) is 7.19. The van der Waals surface area contributed by atoms with E-state index in [1.165, 1.54) is 0 Å². The van der Waals surface area contributed by atoms with Gasteiger partial charge >= 0.3 is 0 Å². The zero-order valence-corrected chi connectivity index (χ0v) is 11.2. The van der Waals surface area contributed by atoms with Crippen molar-refractivity contribution in [3.63, 3.8) is 0 Å². The first-order valence-electron chi connectivity index (χ1n) is 6.29. The lowest BCUT2D eigenvalue weighted by Crippen LogP contribution is -2.46. The number of rotatable bonds is 2. The number of carbonyl (C=O) groups excluding carboxylic acids is 1. The first-order chi connectivity index (χ1) is 8.61. The third kappa shape index (κ3) is 2.85. The Balaban J connectivity index is 2.13. The number of aliphatic hydroxyl groups is 1. The summed E-state index contributed by atoms with van der Waals surface area (Å²) < 4.78 is 0. The minimum Gasteiger partial charge on any atom is -0.396 e. The molecule has 0 aliphatic carbocycles. The molecule has 0 radical (unpaired) electrons. The van der Waals surface area contributed by atoms with Crippen LogP contribution >= 0.6 is 11.6 Å². The molecular formula is C14H18ClNO2. The van der Waals surface area contributed by atoms with Gasteiger partial charge in [0.1, 0.15) is 0 Å². The van der Waals surface area contributed by atoms with Crippen molar-refractivity contribution < 1.29 is 9.90 Å². The fourth-order valence-electron chi connectivity index (χ4n) is 2.37. The van der Waals surface area contributed by atoms with E-state index >= 15 is 0 Å². The number of amides is 1. The first-order valence-corrected chi connectivity index (χ1v) is 6.67. The second-order valence-electron chi connectivity index (χ2n) is 4.94. The van der Waals surface area contributed by atoms with Gasteiger partial charge in [-0.15, -0.1) is 0 Å². The molecule has 1 fully saturated rings. The van der Waals surface area contributed by atoms with Crippen LogP contribution in [0.4, 0.5) is 0 Å². The van der Waals surface area contributed by atoms with E-state index in [2.05, 4.69) is 6.92 Å². The molecule has 1 saturated heterocycles. The van der Waals surface area contributed by atoms with Gasteiger partial charge in [0.2, 0.25) is 0 Å². The summed E-state index contributed by atoms with van der Waals surface area (Å²) in [7, 11) is 0. The van der Waals surface area contributed by atoms with Crippen molar-refractivity contribution >= 4 is 17.5 Å². The van der Waals surface area contributed by atoms with Crippen molar-refractivity contribution in [2.45, 2.75) is 25.8 Å². The molecular weight excluding hydrogens is 250 g/mol. The highest BCUT2D eigenvalue weighted by Crippen LogP contribution is 2.23. The van der Waals surface area contributed by atoms with Crippen LogP contribution in [0.5, 0.6) is 0 Å². The molecule has 1 aliphatic heterocycles. The number of piperidine rings is 1. The lowest BCUT2D eigenvalue weighted by molar-refractivity contribution is 0.0489. The Morgan fingerprint density at radius 3 is 2.67 bits per heavy atom. The second-order valence-corrected chi connectivity index (χ2v) is 5.38. The van der Waals surface area contributed by atoms with Crippen LogP contribution in [-0.2, 0) is 0 Å². The molecule has 98 valence electrons. The van der Waals surface area contributed by atoms with Gasteiger partial charge in [-0.1, -0.05) is 11.6 Å². The van der Waals surface area contributed by atoms with Gasteiger partial charge in [-0.25, -0.2) is 0 Å². The van der Waals surface area contributed by atoms with Gasteiger partial charge in [0, 0.05) is 29.8 Å². The van der Waals surface area contributed by atoms with E-state index in [-0.39, 0.29) is 24.5 Å². The van der Waals surface area contributed by atoms with Crippen LogP contribution in [0.1, 0.15) is 30.1 Å². The molecule has 0 saturated carbocycles. The van der Waals surface area contributed by atoms with Crippen molar-refractivity contribution in [1.29, 1.82) is 0 Å². The Morgan fingerprint density at radius 1 is 1.39 bits per heavy atom. The van der Waals surface area contributed by atoms with Gasteiger partial charge in [0.15, 0.2) is 0 Å². The average Bonchev–Trinajstić information content (AvgIpc) is 2.39. The summed E-state index contributed by atoms with van der Waals surface area (Å²) in [6.07, 6.45) is 1.94. The second kappa shape index (κ2) is 5.72. The van der Waals surface area contributed by atoms with Crippen LogP contribution in [0.2, 0.25) is 5.02 Å². The van der Waals surface area contributed by atoms with E-state index in [0.717, 1.165) is 12.8 Å². The van der Waals surface area contributed by atoms with Crippen molar-refractivity contribution in [2.75, 3.05) is 13.2 Å². The zero-order chi connectivity index (χ0) is 13.1. The number of aliphatic hydroxyl groups excluding tert-OH is 1. The third-order valence-corrected chi connectivity index (χ3v) is 3.84. The summed E-state index contributed by atoms with van der Waals surface area (Å²) >= 11 is 5.82. The van der Waals surface area contributed by atoms with Crippen LogP contribution in [0, 0.1) is 5.92 Å². The van der Waals surface area contributed by atoms with Crippen molar-refractivity contribution in [3.05, 3.63) is 34.9 Å². The van der Waals surface area contributed by atoms with Crippen LogP contribution < -0.4 is 0 Å². The lowest BCUT2D eigenvalue weighted by atomic mass is 9.93. The van der Waals surface area contributed by atoms with E-state index in [1.54, 1.807) is 24.3 Å². The highest BCUT2D eigenvalue weighted by Gasteiger charge is 2.29. The molecule has 3 nitrogen and oxygen atoms in total. The van der Waals surface area contributed by atoms with Crippen molar-refractivity contribution in [1.82, 2.24) is 4.90 Å². The minimum atomic E-state index is 0.0253. The fraction of sp³-hybridized carbons (Fsp3) is 0.500. The predicted octanol–water partition coefficient (Wildman–Crippen LogP) is 2.57. The summed E-state index contributed by atoms with van der Waals surface area (Å²) in [5.41, 5.74) is 0.657. The monoisotopic (exact) mass is 267 g/mol. The van der Waals surface area contributed by atoms with E-state index in [9.17, 15) is 9.90 Å². The van der Waals surface area contributed by atoms with Crippen LogP contribution in [-0.4, -0.2) is 35.1 Å².